The van der Waals surface area contributed by atoms with Crippen molar-refractivity contribution in [3.05, 3.63) is 30.3 Å². The lowest BCUT2D eigenvalue weighted by Gasteiger charge is -2.21. The van der Waals surface area contributed by atoms with E-state index >= 15 is 0 Å². The lowest BCUT2D eigenvalue weighted by molar-refractivity contribution is -0.160. The van der Waals surface area contributed by atoms with E-state index in [1.165, 1.54) is 11.8 Å². The minimum Gasteiger partial charge on any atom is -0.459 e. The van der Waals surface area contributed by atoms with Crippen molar-refractivity contribution in [2.24, 2.45) is 5.92 Å². The third-order valence-electron chi connectivity index (χ3n) is 2.37. The molecule has 0 bridgehead atoms. The van der Waals surface area contributed by atoms with E-state index in [4.69, 9.17) is 4.74 Å². The van der Waals surface area contributed by atoms with Crippen molar-refractivity contribution < 1.29 is 14.3 Å². The fourth-order valence-corrected chi connectivity index (χ4v) is 2.23. The predicted molar refractivity (Wildman–Crippen MR) is 77.2 cm³/mol. The maximum absolute atomic E-state index is 11.9. The smallest absolute Gasteiger partial charge is 0.316 e. The minimum atomic E-state index is -0.713. The van der Waals surface area contributed by atoms with Crippen LogP contribution in [0.15, 0.2) is 35.2 Å². The van der Waals surface area contributed by atoms with E-state index < -0.39 is 17.5 Å². The second-order valence-corrected chi connectivity index (χ2v) is 6.37. The second kappa shape index (κ2) is 6.75. The van der Waals surface area contributed by atoms with Crippen LogP contribution in [0.1, 0.15) is 27.7 Å². The van der Waals surface area contributed by atoms with Crippen LogP contribution in [0.2, 0.25) is 0 Å². The Labute approximate surface area is 118 Å². The summed E-state index contributed by atoms with van der Waals surface area (Å²) in [5.41, 5.74) is -0.557. The van der Waals surface area contributed by atoms with E-state index in [9.17, 15) is 9.59 Å². The van der Waals surface area contributed by atoms with Gasteiger partial charge in [-0.25, -0.2) is 0 Å². The van der Waals surface area contributed by atoms with Crippen LogP contribution in [0.5, 0.6) is 0 Å². The average molecular weight is 280 g/mol. The first-order chi connectivity index (χ1) is 8.79. The van der Waals surface area contributed by atoms with Gasteiger partial charge in [-0.3, -0.25) is 9.59 Å². The van der Waals surface area contributed by atoms with Crippen LogP contribution in [-0.4, -0.2) is 23.1 Å². The number of carbonyl (C=O) groups excluding carboxylic acids is 2. The Morgan fingerprint density at radius 2 is 1.79 bits per heavy atom. The van der Waals surface area contributed by atoms with Crippen LogP contribution in [0.3, 0.4) is 0 Å². The molecule has 0 fully saturated rings. The highest BCUT2D eigenvalue weighted by Crippen LogP contribution is 2.19. The summed E-state index contributed by atoms with van der Waals surface area (Å²) >= 11 is 1.43. The zero-order chi connectivity index (χ0) is 14.5. The average Bonchev–Trinajstić information content (AvgIpc) is 2.34. The summed E-state index contributed by atoms with van der Waals surface area (Å²) in [7, 11) is 0. The first kappa shape index (κ1) is 15.8. The molecule has 1 unspecified atom stereocenters. The van der Waals surface area contributed by atoms with E-state index in [2.05, 4.69) is 0 Å². The summed E-state index contributed by atoms with van der Waals surface area (Å²) < 4.78 is 5.20. The van der Waals surface area contributed by atoms with Crippen molar-refractivity contribution in [3.8, 4) is 0 Å². The molecule has 0 saturated heterocycles. The molecule has 0 aliphatic heterocycles. The zero-order valence-electron chi connectivity index (χ0n) is 11.8. The monoisotopic (exact) mass is 280 g/mol. The first-order valence-corrected chi connectivity index (χ1v) is 7.21. The molecule has 1 aromatic carbocycles. The minimum absolute atomic E-state index is 0.108. The number of Topliss-reactive ketones (excluding diaryl/α,β-unsaturated/α-hetero) is 1. The lowest BCUT2D eigenvalue weighted by Crippen LogP contribution is -2.31. The molecular formula is C15H20O3S. The zero-order valence-corrected chi connectivity index (χ0v) is 12.6. The van der Waals surface area contributed by atoms with E-state index in [-0.39, 0.29) is 11.5 Å². The molecule has 0 saturated carbocycles. The van der Waals surface area contributed by atoms with Crippen molar-refractivity contribution in [1.82, 2.24) is 0 Å². The van der Waals surface area contributed by atoms with E-state index in [1.807, 2.05) is 30.3 Å². The first-order valence-electron chi connectivity index (χ1n) is 6.23. The molecule has 0 aromatic heterocycles. The van der Waals surface area contributed by atoms with Crippen LogP contribution in [0.25, 0.3) is 0 Å². The van der Waals surface area contributed by atoms with E-state index in [0.29, 0.717) is 0 Å². The summed E-state index contributed by atoms with van der Waals surface area (Å²) in [5, 5.41) is 0. The summed E-state index contributed by atoms with van der Waals surface area (Å²) in [6, 6.07) is 9.65. The maximum Gasteiger partial charge on any atom is 0.316 e. The third kappa shape index (κ3) is 5.92. The number of ketones is 1. The molecule has 0 heterocycles. The van der Waals surface area contributed by atoms with Gasteiger partial charge in [-0.1, -0.05) is 18.2 Å². The number of carbonyl (C=O) groups is 2. The summed E-state index contributed by atoms with van der Waals surface area (Å²) in [5.74, 6) is -0.991. The quantitative estimate of drug-likeness (QED) is 0.471. The number of ether oxygens (including phenoxy) is 1. The van der Waals surface area contributed by atoms with Crippen molar-refractivity contribution in [2.45, 2.75) is 38.2 Å². The standard InChI is InChI=1S/C15H20O3S/c1-11(14(17)18-15(2,3)4)13(16)10-19-12-8-6-5-7-9-12/h5-9,11H,10H2,1-4H3. The Hall–Kier alpha value is -1.29. The van der Waals surface area contributed by atoms with Crippen LogP contribution in [-0.2, 0) is 14.3 Å². The summed E-state index contributed by atoms with van der Waals surface area (Å²) in [4.78, 5) is 24.7. The maximum atomic E-state index is 11.9. The highest BCUT2D eigenvalue weighted by Gasteiger charge is 2.26. The fourth-order valence-electron chi connectivity index (χ4n) is 1.32. The highest BCUT2D eigenvalue weighted by molar-refractivity contribution is 8.00. The molecule has 1 rings (SSSR count). The second-order valence-electron chi connectivity index (χ2n) is 5.32. The van der Waals surface area contributed by atoms with Gasteiger partial charge in [-0.2, -0.15) is 0 Å². The molecule has 0 aliphatic rings. The summed E-state index contributed by atoms with van der Waals surface area (Å²) in [6.45, 7) is 6.98. The van der Waals surface area contributed by atoms with Gasteiger partial charge >= 0.3 is 5.97 Å². The fraction of sp³-hybridized carbons (Fsp3) is 0.467. The van der Waals surface area contributed by atoms with Gasteiger partial charge in [0.25, 0.3) is 0 Å². The van der Waals surface area contributed by atoms with Gasteiger partial charge in [0.2, 0.25) is 0 Å². The normalized spacial score (nSPS) is 12.8. The molecule has 0 spiro atoms. The Morgan fingerprint density at radius 1 is 1.21 bits per heavy atom. The van der Waals surface area contributed by atoms with Crippen molar-refractivity contribution in [2.75, 3.05) is 5.75 Å². The molecule has 0 amide bonds. The highest BCUT2D eigenvalue weighted by atomic mass is 32.2. The third-order valence-corrected chi connectivity index (χ3v) is 3.40. The van der Waals surface area contributed by atoms with Crippen LogP contribution < -0.4 is 0 Å². The van der Waals surface area contributed by atoms with E-state index in [0.717, 1.165) is 4.90 Å². The van der Waals surface area contributed by atoms with Crippen LogP contribution in [0, 0.1) is 5.92 Å². The van der Waals surface area contributed by atoms with Gasteiger partial charge < -0.3 is 4.74 Å². The lowest BCUT2D eigenvalue weighted by atomic mass is 10.1. The van der Waals surface area contributed by atoms with Gasteiger partial charge in [-0.05, 0) is 39.8 Å². The molecule has 0 N–H and O–H groups in total. The van der Waals surface area contributed by atoms with Gasteiger partial charge in [0.15, 0.2) is 5.78 Å². The van der Waals surface area contributed by atoms with Crippen LogP contribution >= 0.6 is 11.8 Å². The molecular weight excluding hydrogens is 260 g/mol. The Morgan fingerprint density at radius 3 is 2.32 bits per heavy atom. The predicted octanol–water partition coefficient (Wildman–Crippen LogP) is 3.33. The Bertz CT molecular complexity index is 434. The molecule has 1 aromatic rings. The molecule has 1 atom stereocenters. The van der Waals surface area contributed by atoms with Gasteiger partial charge in [0, 0.05) is 4.90 Å². The molecule has 0 aliphatic carbocycles. The molecule has 3 nitrogen and oxygen atoms in total. The Kier molecular flexibility index (Phi) is 5.60. The Balaban J connectivity index is 2.47. The van der Waals surface area contributed by atoms with Gasteiger partial charge in [0.1, 0.15) is 11.5 Å². The molecule has 19 heavy (non-hydrogen) atoms. The van der Waals surface area contributed by atoms with Gasteiger partial charge in [-0.15, -0.1) is 11.8 Å². The summed E-state index contributed by atoms with van der Waals surface area (Å²) in [6.07, 6.45) is 0. The van der Waals surface area contributed by atoms with Gasteiger partial charge in [0.05, 0.1) is 5.75 Å². The van der Waals surface area contributed by atoms with Crippen molar-refractivity contribution >= 4 is 23.5 Å². The number of hydrogen-bond donors (Lipinski definition) is 0. The SMILES string of the molecule is CC(C(=O)CSc1ccccc1)C(=O)OC(C)(C)C. The number of esters is 1. The number of thioether (sulfide) groups is 1. The van der Waals surface area contributed by atoms with Crippen LogP contribution in [0.4, 0.5) is 0 Å². The topological polar surface area (TPSA) is 43.4 Å². The molecule has 4 heteroatoms. The van der Waals surface area contributed by atoms with E-state index in [1.54, 1.807) is 27.7 Å². The van der Waals surface area contributed by atoms with Crippen molar-refractivity contribution in [3.63, 3.8) is 0 Å². The number of benzene rings is 1. The number of rotatable bonds is 5. The molecule has 0 radical (unpaired) electrons. The van der Waals surface area contributed by atoms with Crippen molar-refractivity contribution in [1.29, 1.82) is 0 Å². The number of hydrogen-bond acceptors (Lipinski definition) is 4. The largest absolute Gasteiger partial charge is 0.459 e. The molecule has 104 valence electrons.